The van der Waals surface area contributed by atoms with Crippen molar-refractivity contribution in [3.05, 3.63) is 106 Å². The second-order valence-corrected chi connectivity index (χ2v) is 20.1. The van der Waals surface area contributed by atoms with Crippen LogP contribution in [-0.2, 0) is 0 Å². The summed E-state index contributed by atoms with van der Waals surface area (Å²) in [6.45, 7) is 11.4. The molecule has 5 aromatic rings. The van der Waals surface area contributed by atoms with Crippen LogP contribution in [0.5, 0.6) is 11.5 Å². The van der Waals surface area contributed by atoms with E-state index in [0.29, 0.717) is 69.0 Å². The van der Waals surface area contributed by atoms with E-state index in [-0.39, 0.29) is 16.7 Å². The maximum absolute atomic E-state index is 14.0. The first kappa shape index (κ1) is 42.7. The summed E-state index contributed by atoms with van der Waals surface area (Å²) < 4.78 is 9.44. The van der Waals surface area contributed by atoms with Gasteiger partial charge in [-0.2, -0.15) is 0 Å². The van der Waals surface area contributed by atoms with E-state index in [0.717, 1.165) is 74.6 Å². The number of benzene rings is 3. The van der Waals surface area contributed by atoms with Crippen LogP contribution < -0.4 is 19.7 Å². The van der Waals surface area contributed by atoms with Gasteiger partial charge in [0.15, 0.2) is 10.9 Å². The molecule has 1 spiro atoms. The van der Waals surface area contributed by atoms with Gasteiger partial charge < -0.3 is 25.0 Å². The molecule has 4 heterocycles. The highest BCUT2D eigenvalue weighted by atomic mass is 35.5. The Morgan fingerprint density at radius 2 is 1.79 bits per heavy atom. The van der Waals surface area contributed by atoms with Gasteiger partial charge >= 0.3 is 0 Å². The summed E-state index contributed by atoms with van der Waals surface area (Å²) in [5.41, 5.74) is 5.73. The van der Waals surface area contributed by atoms with E-state index < -0.39 is 5.60 Å². The molecule has 1 amide bonds. The van der Waals surface area contributed by atoms with Crippen LogP contribution in [0.4, 0.5) is 17.1 Å². The molecule has 4 N–H and O–H groups in total. The van der Waals surface area contributed by atoms with Crippen LogP contribution in [0.3, 0.4) is 0 Å². The number of likely N-dealkylation sites (tertiary alicyclic amines) is 1. The maximum atomic E-state index is 14.0. The third-order valence-corrected chi connectivity index (χ3v) is 15.3. The predicted octanol–water partition coefficient (Wildman–Crippen LogP) is 11.6. The number of anilines is 2. The highest BCUT2D eigenvalue weighted by Gasteiger charge is 2.49. The number of hydrogen-bond acceptors (Lipinski definition) is 10. The number of nitrogens with one attached hydrogen (secondary N) is 3. The van der Waals surface area contributed by atoms with Gasteiger partial charge in [-0.1, -0.05) is 56.1 Å². The van der Waals surface area contributed by atoms with E-state index in [1.54, 1.807) is 17.8 Å². The Morgan fingerprint density at radius 1 is 1.00 bits per heavy atom. The summed E-state index contributed by atoms with van der Waals surface area (Å²) in [5.74, 6) is 1.94. The first-order valence-electron chi connectivity index (χ1n) is 22.4. The van der Waals surface area contributed by atoms with Crippen molar-refractivity contribution in [3.8, 4) is 11.5 Å². The summed E-state index contributed by atoms with van der Waals surface area (Å²) in [6.07, 6.45) is 11.3. The van der Waals surface area contributed by atoms with Gasteiger partial charge in [0.2, 0.25) is 0 Å². The number of carbonyl (C=O) groups excluding carboxylic acids is 1. The molecule has 0 bridgehead atoms. The SMILES string of the molecule is CC(C)c1ccccc1[C@@H]1CCC[C@@H]1N1CC2(CCN(c3ccc(C(=O)NSc4ccc(NCC5CCC(C)(O)CC5)c(N=O)c4)c(Oc4cc5cc[nH]c5nc4Cl)c3)CC2)C1. The molecule has 0 unspecified atom stereocenters. The zero-order valence-electron chi connectivity index (χ0n) is 36.0. The molecule has 2 saturated heterocycles. The Morgan fingerprint density at radius 3 is 2.56 bits per heavy atom. The van der Waals surface area contributed by atoms with Gasteiger partial charge in [-0.05, 0) is 152 Å². The summed E-state index contributed by atoms with van der Waals surface area (Å²) >= 11 is 7.76. The number of rotatable bonds is 13. The second kappa shape index (κ2) is 17.9. The number of amides is 1. The molecule has 9 rings (SSSR count). The van der Waals surface area contributed by atoms with Crippen molar-refractivity contribution < 1.29 is 14.6 Å². The summed E-state index contributed by atoms with van der Waals surface area (Å²) in [5, 5.41) is 18.0. The average Bonchev–Trinajstić information content (AvgIpc) is 3.94. The van der Waals surface area contributed by atoms with Crippen molar-refractivity contribution in [2.75, 3.05) is 42.9 Å². The normalized spacial score (nSPS) is 23.7. The molecule has 2 saturated carbocycles. The highest BCUT2D eigenvalue weighted by molar-refractivity contribution is 7.98. The number of nitrogens with zero attached hydrogens (tertiary/aromatic N) is 4. The minimum atomic E-state index is -0.595. The summed E-state index contributed by atoms with van der Waals surface area (Å²) in [6, 6.07) is 24.6. The summed E-state index contributed by atoms with van der Waals surface area (Å²) in [7, 11) is 0. The number of hydrogen-bond donors (Lipinski definition) is 4. The number of aromatic amines is 1. The van der Waals surface area contributed by atoms with E-state index in [4.69, 9.17) is 16.3 Å². The number of pyridine rings is 1. The number of H-pyrrole nitrogens is 1. The van der Waals surface area contributed by atoms with Crippen LogP contribution >= 0.6 is 23.5 Å². The molecular weight excluding hydrogens is 818 g/mol. The lowest BCUT2D eigenvalue weighted by molar-refractivity contribution is -0.0493. The fourth-order valence-electron chi connectivity index (χ4n) is 10.5. The number of fused-ring (bicyclic) bond motifs is 1. The molecule has 2 aromatic heterocycles. The predicted molar refractivity (Wildman–Crippen MR) is 250 cm³/mol. The lowest BCUT2D eigenvalue weighted by atomic mass is 9.70. The number of aliphatic hydroxyl groups is 1. The smallest absolute Gasteiger partial charge is 0.265 e. The minimum Gasteiger partial charge on any atom is -0.453 e. The number of ether oxygens (including phenoxy) is 1. The number of nitroso groups, excluding NO2 is 1. The standard InChI is InChI=1S/C49H58ClN7O4S/c1-31(2)36-7-4-5-8-37(36)38-9-6-10-42(38)57-29-49(30-57)20-23-56(24-21-49)34-11-13-39(43(26-34)61-44-25-33-17-22-51-46(33)53-45(44)50)47(58)55-62-35-12-14-40(41(27-35)54-60)52-28-32-15-18-48(3,59)19-16-32/h4-5,7-8,11-14,17,22,25-27,31-32,38,42,52,59H,6,9-10,15-16,18-21,23-24,28-30H2,1-3H3,(H,51,53)(H,55,58)/t32?,38-,42-,48?/m0/s1. The van der Waals surface area contributed by atoms with Crippen LogP contribution in [-0.4, -0.2) is 70.2 Å². The van der Waals surface area contributed by atoms with Gasteiger partial charge in [0.25, 0.3) is 5.91 Å². The number of carbonyl (C=O) groups is 1. The van der Waals surface area contributed by atoms with Gasteiger partial charge in [-0.25, -0.2) is 4.98 Å². The van der Waals surface area contributed by atoms with Gasteiger partial charge in [-0.15, -0.1) is 4.91 Å². The molecule has 3 aromatic carbocycles. The molecule has 13 heteroatoms. The first-order chi connectivity index (χ1) is 30.0. The molecule has 0 radical (unpaired) electrons. The van der Waals surface area contributed by atoms with Crippen molar-refractivity contribution in [1.29, 1.82) is 0 Å². The van der Waals surface area contributed by atoms with Crippen molar-refractivity contribution in [1.82, 2.24) is 19.6 Å². The minimum absolute atomic E-state index is 0.190. The Labute approximate surface area is 373 Å². The van der Waals surface area contributed by atoms with Crippen molar-refractivity contribution in [2.24, 2.45) is 16.5 Å². The highest BCUT2D eigenvalue weighted by Crippen LogP contribution is 2.49. The van der Waals surface area contributed by atoms with Crippen LogP contribution in [0, 0.1) is 16.2 Å². The molecule has 11 nitrogen and oxygen atoms in total. The molecular formula is C49H58ClN7O4S. The quantitative estimate of drug-likeness (QED) is 0.0518. The van der Waals surface area contributed by atoms with Crippen LogP contribution in [0.25, 0.3) is 11.0 Å². The molecule has 62 heavy (non-hydrogen) atoms. The van der Waals surface area contributed by atoms with Crippen molar-refractivity contribution in [2.45, 2.75) is 107 Å². The zero-order valence-corrected chi connectivity index (χ0v) is 37.5. The zero-order chi connectivity index (χ0) is 43.0. The second-order valence-electron chi connectivity index (χ2n) is 18.9. The Hall–Kier alpha value is -4.62. The Kier molecular flexibility index (Phi) is 12.3. The van der Waals surface area contributed by atoms with Gasteiger partial charge in [-0.3, -0.25) is 14.4 Å². The fourth-order valence-corrected chi connectivity index (χ4v) is 11.4. The van der Waals surface area contributed by atoms with Crippen molar-refractivity contribution >= 4 is 57.6 Å². The Balaban J connectivity index is 0.868. The molecule has 2 aliphatic carbocycles. The maximum Gasteiger partial charge on any atom is 0.265 e. The summed E-state index contributed by atoms with van der Waals surface area (Å²) in [4.78, 5) is 39.3. The molecule has 4 fully saturated rings. The molecule has 2 aliphatic heterocycles. The van der Waals surface area contributed by atoms with E-state index in [2.05, 4.69) is 73.1 Å². The van der Waals surface area contributed by atoms with E-state index in [1.807, 2.05) is 49.4 Å². The van der Waals surface area contributed by atoms with Crippen molar-refractivity contribution in [3.63, 3.8) is 0 Å². The monoisotopic (exact) mass is 875 g/mol. The molecule has 326 valence electrons. The van der Waals surface area contributed by atoms with Crippen LogP contribution in [0.15, 0.2) is 89.1 Å². The Bertz CT molecular complexity index is 2410. The molecule has 2 atom stereocenters. The number of piperidine rings is 1. The third-order valence-electron chi connectivity index (χ3n) is 14.2. The largest absolute Gasteiger partial charge is 0.453 e. The van der Waals surface area contributed by atoms with E-state index in [1.165, 1.54) is 37.9 Å². The average molecular weight is 877 g/mol. The van der Waals surface area contributed by atoms with Gasteiger partial charge in [0, 0.05) is 67.0 Å². The van der Waals surface area contributed by atoms with Crippen LogP contribution in [0.1, 0.15) is 112 Å². The fraction of sp³-hybridized carbons (Fsp3) is 0.469. The van der Waals surface area contributed by atoms with Crippen LogP contribution in [0.2, 0.25) is 5.15 Å². The lowest BCUT2D eigenvalue weighted by Gasteiger charge is -2.57. The van der Waals surface area contributed by atoms with Gasteiger partial charge in [0.1, 0.15) is 17.1 Å². The number of aromatic nitrogens is 2. The topological polar surface area (TPSA) is 135 Å². The molecule has 4 aliphatic rings. The van der Waals surface area contributed by atoms with Gasteiger partial charge in [0.05, 0.1) is 16.9 Å². The first-order valence-corrected chi connectivity index (χ1v) is 23.6. The van der Waals surface area contributed by atoms with E-state index in [9.17, 15) is 14.8 Å². The third kappa shape index (κ3) is 9.07. The number of halogens is 1. The lowest BCUT2D eigenvalue weighted by Crippen LogP contribution is -2.63. The van der Waals surface area contributed by atoms with E-state index >= 15 is 0 Å².